The maximum Gasteiger partial charge on any atom is 0.407 e. The lowest BCUT2D eigenvalue weighted by Crippen LogP contribution is -2.51. The average molecular weight is 645 g/mol. The highest BCUT2D eigenvalue weighted by Crippen LogP contribution is 2.67. The van der Waals surface area contributed by atoms with Crippen LogP contribution in [0.5, 0.6) is 0 Å². The lowest BCUT2D eigenvalue weighted by atomic mass is 9.47. The zero-order chi connectivity index (χ0) is 34.2. The first kappa shape index (κ1) is 35.4. The van der Waals surface area contributed by atoms with E-state index < -0.39 is 18.2 Å². The third-order valence-electron chi connectivity index (χ3n) is 13.0. The monoisotopic (exact) mass is 644 g/mol. The molecule has 0 aromatic carbocycles. The van der Waals surface area contributed by atoms with Gasteiger partial charge in [0.2, 0.25) is 1.43 Å². The number of ketones is 1. The van der Waals surface area contributed by atoms with E-state index in [1.165, 1.54) is 56.9 Å². The van der Waals surface area contributed by atoms with E-state index >= 15 is 0 Å². The summed E-state index contributed by atoms with van der Waals surface area (Å²) in [5.74, 6) is 4.42. The van der Waals surface area contributed by atoms with Gasteiger partial charge in [0.15, 0.2) is 0 Å². The minimum absolute atomic E-state index is 0.0193. The van der Waals surface area contributed by atoms with Crippen molar-refractivity contribution in [3.05, 3.63) is 11.6 Å². The quantitative estimate of drug-likeness (QED) is 0.122. The first-order valence-electron chi connectivity index (χ1n) is 19.2. The summed E-state index contributed by atoms with van der Waals surface area (Å²) >= 11 is 0. The van der Waals surface area contributed by atoms with E-state index in [0.717, 1.165) is 54.8 Å². The molecule has 0 aromatic heterocycles. The highest BCUT2D eigenvalue weighted by atomic mass is 16.6. The van der Waals surface area contributed by atoms with Crippen LogP contribution < -0.4 is 5.32 Å². The van der Waals surface area contributed by atoms with Crippen molar-refractivity contribution in [2.24, 2.45) is 46.3 Å². The summed E-state index contributed by atoms with van der Waals surface area (Å²) in [4.78, 5) is 36.6. The van der Waals surface area contributed by atoms with Gasteiger partial charge in [0.25, 0.3) is 0 Å². The van der Waals surface area contributed by atoms with Gasteiger partial charge in [0.1, 0.15) is 18.0 Å². The molecule has 7 heteroatoms. The molecule has 9 atom stereocenters. The minimum atomic E-state index is -0.499. The lowest BCUT2D eigenvalue weighted by molar-refractivity contribution is -0.151. The number of ether oxygens (including phenoxy) is 2. The first-order valence-corrected chi connectivity index (χ1v) is 18.8. The number of aliphatic hydroxyl groups excluding tert-OH is 1. The van der Waals surface area contributed by atoms with Gasteiger partial charge in [-0.05, 0) is 91.3 Å². The third-order valence-corrected chi connectivity index (χ3v) is 13.0. The fourth-order valence-electron chi connectivity index (χ4n) is 10.3. The second kappa shape index (κ2) is 16.5. The van der Waals surface area contributed by atoms with Crippen molar-refractivity contribution in [2.75, 3.05) is 13.2 Å². The molecule has 262 valence electrons. The topological polar surface area (TPSA) is 102 Å². The van der Waals surface area contributed by atoms with E-state index in [9.17, 15) is 14.4 Å². The number of aliphatic hydroxyl groups is 1. The van der Waals surface area contributed by atoms with Crippen LogP contribution in [-0.4, -0.2) is 49.7 Å². The summed E-state index contributed by atoms with van der Waals surface area (Å²) < 4.78 is 18.4. The molecule has 5 unspecified atom stereocenters. The maximum absolute atomic E-state index is 12.8. The SMILES string of the molecule is [2H]OCCC(CCNC(=O)O[C@H]1CC[C@@]2(C)C(=CCC3C4CCC([C@@H](C)CCCC(C)C)[C@@]4(C)CCC32)C1)OC(=O)CCC(=O)CC. The lowest BCUT2D eigenvalue weighted by Gasteiger charge is -2.58. The standard InChI is InChI=1S/C39H65NO6/c1-7-29(42)12-16-36(43)45-30(20-24-41)19-23-40-37(44)46-31-17-21-38(5)28(25-31)11-13-32-34-15-14-33(27(4)10-8-9-26(2)3)39(34,6)22-18-35(32)38/h11,26-27,30-35,41H,7-10,12-25H2,1-6H3,(H,40,44)/t27-,30?,31-,32?,33?,34?,35?,38-,39+/m0/s1/i41D. The number of rotatable bonds is 17. The number of fused-ring (bicyclic) bond motifs is 5. The normalized spacial score (nSPS) is 33.5. The number of nitrogens with one attached hydrogen (secondary N) is 1. The average Bonchev–Trinajstić information content (AvgIpc) is 3.39. The molecule has 4 aliphatic rings. The third kappa shape index (κ3) is 8.76. The van der Waals surface area contributed by atoms with Crippen LogP contribution in [0.2, 0.25) is 0 Å². The van der Waals surface area contributed by atoms with E-state index in [-0.39, 0.29) is 43.3 Å². The molecule has 3 fully saturated rings. The second-order valence-corrected chi connectivity index (χ2v) is 16.3. The largest absolute Gasteiger partial charge is 0.462 e. The number of carbonyl (C=O) groups excluding carboxylic acids is 3. The smallest absolute Gasteiger partial charge is 0.407 e. The van der Waals surface area contributed by atoms with Crippen molar-refractivity contribution in [2.45, 2.75) is 156 Å². The van der Waals surface area contributed by atoms with Gasteiger partial charge in [0, 0.05) is 45.3 Å². The molecule has 0 aliphatic heterocycles. The molecule has 0 bridgehead atoms. The van der Waals surface area contributed by atoms with Crippen molar-refractivity contribution >= 4 is 17.8 Å². The van der Waals surface area contributed by atoms with Crippen LogP contribution in [0.1, 0.15) is 144 Å². The Morgan fingerprint density at radius 1 is 1.02 bits per heavy atom. The van der Waals surface area contributed by atoms with Gasteiger partial charge >= 0.3 is 12.1 Å². The van der Waals surface area contributed by atoms with Gasteiger partial charge in [0.05, 0.1) is 6.42 Å². The van der Waals surface area contributed by atoms with Gasteiger partial charge < -0.3 is 19.9 Å². The van der Waals surface area contributed by atoms with Gasteiger partial charge in [-0.25, -0.2) is 4.79 Å². The number of carbonyl (C=O) groups is 3. The molecule has 0 heterocycles. The molecule has 2 N–H and O–H groups in total. The summed E-state index contributed by atoms with van der Waals surface area (Å²) in [5.41, 5.74) is 2.20. The first-order chi connectivity index (χ1) is 22.4. The molecule has 1 amide bonds. The van der Waals surface area contributed by atoms with Crippen LogP contribution in [0.15, 0.2) is 11.6 Å². The number of Topliss-reactive ketones (excluding diaryl/α,β-unsaturated/α-hetero) is 1. The number of amides is 1. The fourth-order valence-corrected chi connectivity index (χ4v) is 10.3. The van der Waals surface area contributed by atoms with Gasteiger partial charge in [-0.3, -0.25) is 9.59 Å². The van der Waals surface area contributed by atoms with Crippen molar-refractivity contribution < 1.29 is 29.0 Å². The van der Waals surface area contributed by atoms with Crippen LogP contribution in [0.4, 0.5) is 4.79 Å². The van der Waals surface area contributed by atoms with Crippen LogP contribution in [-0.2, 0) is 19.1 Å². The van der Waals surface area contributed by atoms with Crippen molar-refractivity contribution in [1.29, 1.82) is 1.43 Å². The number of hydrogen-bond donors (Lipinski definition) is 2. The van der Waals surface area contributed by atoms with Crippen molar-refractivity contribution in [1.82, 2.24) is 5.32 Å². The fraction of sp³-hybridized carbons (Fsp3) is 0.872. The Balaban J connectivity index is 1.26. The van der Waals surface area contributed by atoms with Gasteiger partial charge in [-0.1, -0.05) is 72.5 Å². The second-order valence-electron chi connectivity index (χ2n) is 16.3. The molecule has 0 saturated heterocycles. The molecule has 3 saturated carbocycles. The summed E-state index contributed by atoms with van der Waals surface area (Å²) in [6.45, 7) is 14.6. The van der Waals surface area contributed by atoms with E-state index in [2.05, 4.69) is 51.1 Å². The summed E-state index contributed by atoms with van der Waals surface area (Å²) in [5, 5.41) is 7.27. The Kier molecular flexibility index (Phi) is 12.7. The number of esters is 1. The predicted molar refractivity (Wildman–Crippen MR) is 182 cm³/mol. The molecule has 0 spiro atoms. The Morgan fingerprint density at radius 3 is 2.57 bits per heavy atom. The summed E-state index contributed by atoms with van der Waals surface area (Å²) in [7, 11) is 0. The molecule has 0 radical (unpaired) electrons. The van der Waals surface area contributed by atoms with E-state index in [0.29, 0.717) is 24.7 Å². The van der Waals surface area contributed by atoms with E-state index in [1.54, 1.807) is 6.92 Å². The Bertz CT molecular complexity index is 1090. The molecule has 4 aliphatic carbocycles. The zero-order valence-electron chi connectivity index (χ0n) is 30.9. The van der Waals surface area contributed by atoms with Crippen LogP contribution >= 0.6 is 0 Å². The number of hydrogen-bond acceptors (Lipinski definition) is 6. The Morgan fingerprint density at radius 2 is 1.83 bits per heavy atom. The summed E-state index contributed by atoms with van der Waals surface area (Å²) in [6, 6.07) is 0. The van der Waals surface area contributed by atoms with Crippen LogP contribution in [0, 0.1) is 46.3 Å². The van der Waals surface area contributed by atoms with Crippen LogP contribution in [0.25, 0.3) is 0 Å². The highest BCUT2D eigenvalue weighted by molar-refractivity contribution is 5.82. The van der Waals surface area contributed by atoms with Crippen molar-refractivity contribution in [3.63, 3.8) is 0 Å². The van der Waals surface area contributed by atoms with E-state index in [1.807, 2.05) is 0 Å². The Labute approximate surface area is 280 Å². The van der Waals surface area contributed by atoms with Gasteiger partial charge in [-0.15, -0.1) is 0 Å². The summed E-state index contributed by atoms with van der Waals surface area (Å²) in [6.07, 6.45) is 16.4. The van der Waals surface area contributed by atoms with Gasteiger partial charge in [-0.2, -0.15) is 0 Å². The Hall–Kier alpha value is -1.89. The van der Waals surface area contributed by atoms with Crippen molar-refractivity contribution in [3.8, 4) is 0 Å². The van der Waals surface area contributed by atoms with E-state index in [4.69, 9.17) is 10.9 Å². The predicted octanol–water partition coefficient (Wildman–Crippen LogP) is 8.57. The highest BCUT2D eigenvalue weighted by Gasteiger charge is 2.59. The minimum Gasteiger partial charge on any atom is -0.462 e. The molecular formula is C39H65NO6. The molecule has 4 rings (SSSR count). The maximum atomic E-state index is 12.8. The number of allylic oxidation sites excluding steroid dienone is 1. The molecular weight excluding hydrogens is 578 g/mol. The molecule has 7 nitrogen and oxygen atoms in total. The number of alkyl carbamates (subject to hydrolysis) is 1. The molecule has 0 aromatic rings. The zero-order valence-corrected chi connectivity index (χ0v) is 29.9. The van der Waals surface area contributed by atoms with Crippen LogP contribution in [0.3, 0.4) is 0 Å². The molecule has 46 heavy (non-hydrogen) atoms.